The molecule has 0 aromatic carbocycles. The quantitative estimate of drug-likeness (QED) is 0.0261. The molecule has 0 radical (unpaired) electrons. The summed E-state index contributed by atoms with van der Waals surface area (Å²) in [5.74, 6) is -0.875. The van der Waals surface area contributed by atoms with Gasteiger partial charge in [0.15, 0.2) is 6.10 Å². The van der Waals surface area contributed by atoms with E-state index in [-0.39, 0.29) is 31.1 Å². The van der Waals surface area contributed by atoms with Gasteiger partial charge in [-0.2, -0.15) is 0 Å². The number of unbranched alkanes of at least 4 members (excludes halogenated alkanes) is 39. The molecule has 0 aliphatic carbocycles. The summed E-state index contributed by atoms with van der Waals surface area (Å²) >= 11 is 0. The number of esters is 3. The Kier molecular flexibility index (Phi) is 66.2. The van der Waals surface area contributed by atoms with Crippen LogP contribution in [0.1, 0.15) is 355 Å². The Balaban J connectivity index is 4.19. The highest BCUT2D eigenvalue weighted by Gasteiger charge is 2.19. The zero-order valence-electron chi connectivity index (χ0n) is 53.8. The number of carbonyl (C=O) groups is 3. The van der Waals surface area contributed by atoms with Crippen molar-refractivity contribution in [2.45, 2.75) is 361 Å². The van der Waals surface area contributed by atoms with E-state index in [9.17, 15) is 14.4 Å². The van der Waals surface area contributed by atoms with Crippen molar-refractivity contribution in [2.75, 3.05) is 13.2 Å². The van der Waals surface area contributed by atoms with E-state index >= 15 is 0 Å². The summed E-state index contributed by atoms with van der Waals surface area (Å²) in [6.45, 7) is 6.50. The summed E-state index contributed by atoms with van der Waals surface area (Å²) in [5.41, 5.74) is 0. The first-order valence-corrected chi connectivity index (χ1v) is 35.1. The lowest BCUT2D eigenvalue weighted by Crippen LogP contribution is -2.30. The third-order valence-corrected chi connectivity index (χ3v) is 15.4. The maximum absolute atomic E-state index is 12.9. The number of rotatable bonds is 64. The highest BCUT2D eigenvalue weighted by atomic mass is 16.6. The van der Waals surface area contributed by atoms with Crippen LogP contribution in [0.2, 0.25) is 0 Å². The van der Waals surface area contributed by atoms with Crippen molar-refractivity contribution in [1.82, 2.24) is 0 Å². The van der Waals surface area contributed by atoms with Gasteiger partial charge in [0, 0.05) is 19.3 Å². The summed E-state index contributed by atoms with van der Waals surface area (Å²) in [7, 11) is 0. The van der Waals surface area contributed by atoms with E-state index in [4.69, 9.17) is 14.2 Å². The van der Waals surface area contributed by atoms with Crippen LogP contribution in [-0.2, 0) is 28.6 Å². The number of ether oxygens (including phenoxy) is 3. The fourth-order valence-corrected chi connectivity index (χ4v) is 10.2. The number of allylic oxidation sites excluding steroid dienone is 14. The third kappa shape index (κ3) is 67.3. The molecule has 81 heavy (non-hydrogen) atoms. The minimum atomic E-state index is -0.780. The highest BCUT2D eigenvalue weighted by molar-refractivity contribution is 5.71. The highest BCUT2D eigenvalue weighted by Crippen LogP contribution is 2.18. The van der Waals surface area contributed by atoms with E-state index in [2.05, 4.69) is 106 Å². The van der Waals surface area contributed by atoms with Crippen LogP contribution in [0, 0.1) is 0 Å². The van der Waals surface area contributed by atoms with Gasteiger partial charge in [0.1, 0.15) is 13.2 Å². The Morgan fingerprint density at radius 3 is 0.815 bits per heavy atom. The van der Waals surface area contributed by atoms with Crippen molar-refractivity contribution in [1.29, 1.82) is 0 Å². The van der Waals surface area contributed by atoms with Crippen LogP contribution >= 0.6 is 0 Å². The Labute approximate surface area is 503 Å². The first-order chi connectivity index (χ1) is 40.0. The predicted octanol–water partition coefficient (Wildman–Crippen LogP) is 24.2. The van der Waals surface area contributed by atoms with Gasteiger partial charge in [0.25, 0.3) is 0 Å². The van der Waals surface area contributed by atoms with Crippen LogP contribution in [0.5, 0.6) is 0 Å². The second kappa shape index (κ2) is 69.1. The van der Waals surface area contributed by atoms with Crippen LogP contribution < -0.4 is 0 Å². The van der Waals surface area contributed by atoms with E-state index in [1.165, 1.54) is 205 Å². The number of carbonyl (C=O) groups excluding carboxylic acids is 3. The molecule has 0 heterocycles. The van der Waals surface area contributed by atoms with E-state index in [0.717, 1.165) is 109 Å². The lowest BCUT2D eigenvalue weighted by atomic mass is 10.0. The van der Waals surface area contributed by atoms with Gasteiger partial charge < -0.3 is 14.2 Å². The molecule has 0 N–H and O–H groups in total. The van der Waals surface area contributed by atoms with Gasteiger partial charge in [-0.3, -0.25) is 14.4 Å². The fourth-order valence-electron chi connectivity index (χ4n) is 10.2. The fraction of sp³-hybridized carbons (Fsp3) is 0.773. The molecule has 0 amide bonds. The molecule has 0 fully saturated rings. The zero-order chi connectivity index (χ0) is 58.5. The molecule has 0 aliphatic heterocycles. The first kappa shape index (κ1) is 77.6. The van der Waals surface area contributed by atoms with Crippen LogP contribution in [0.15, 0.2) is 85.1 Å². The van der Waals surface area contributed by atoms with Gasteiger partial charge in [0.2, 0.25) is 0 Å². The molecule has 0 aromatic rings. The molecule has 6 heteroatoms. The molecule has 0 saturated heterocycles. The van der Waals surface area contributed by atoms with Crippen molar-refractivity contribution in [3.05, 3.63) is 85.1 Å². The Morgan fingerprint density at radius 2 is 0.506 bits per heavy atom. The van der Waals surface area contributed by atoms with Gasteiger partial charge in [0.05, 0.1) is 0 Å². The first-order valence-electron chi connectivity index (χ1n) is 35.1. The van der Waals surface area contributed by atoms with Gasteiger partial charge in [-0.05, 0) is 89.9 Å². The second-order valence-corrected chi connectivity index (χ2v) is 23.4. The van der Waals surface area contributed by atoms with Crippen LogP contribution in [0.4, 0.5) is 0 Å². The van der Waals surface area contributed by atoms with Crippen molar-refractivity contribution in [3.8, 4) is 0 Å². The summed E-state index contributed by atoms with van der Waals surface area (Å²) in [5, 5.41) is 0. The number of hydrogen-bond acceptors (Lipinski definition) is 6. The summed E-state index contributed by atoms with van der Waals surface area (Å²) in [6.07, 6.45) is 91.9. The normalized spacial score (nSPS) is 12.6. The largest absolute Gasteiger partial charge is 0.462 e. The van der Waals surface area contributed by atoms with Crippen molar-refractivity contribution in [3.63, 3.8) is 0 Å². The molecule has 0 rings (SSSR count). The molecule has 1 unspecified atom stereocenters. The number of hydrogen-bond donors (Lipinski definition) is 0. The van der Waals surface area contributed by atoms with Crippen LogP contribution in [0.3, 0.4) is 0 Å². The van der Waals surface area contributed by atoms with Gasteiger partial charge in [-0.1, -0.05) is 331 Å². The maximum atomic E-state index is 12.9. The van der Waals surface area contributed by atoms with Gasteiger partial charge in [-0.15, -0.1) is 0 Å². The van der Waals surface area contributed by atoms with Gasteiger partial charge >= 0.3 is 17.9 Å². The Morgan fingerprint density at radius 1 is 0.259 bits per heavy atom. The van der Waals surface area contributed by atoms with E-state index < -0.39 is 6.10 Å². The molecule has 468 valence electrons. The van der Waals surface area contributed by atoms with E-state index in [1.54, 1.807) is 0 Å². The van der Waals surface area contributed by atoms with Crippen LogP contribution in [0.25, 0.3) is 0 Å². The minimum Gasteiger partial charge on any atom is -0.462 e. The van der Waals surface area contributed by atoms with Crippen molar-refractivity contribution >= 4 is 17.9 Å². The maximum Gasteiger partial charge on any atom is 0.306 e. The lowest BCUT2D eigenvalue weighted by molar-refractivity contribution is -0.167. The SMILES string of the molecule is CC/C=C\C/C=C\C/C=C\C/C=C\C/C=C\C/C=C\CCCCCCCCCCCCC(=O)OCC(COC(=O)CCCCCCC/C=C\CCC)OC(=O)CCCCCCCCCCCCCCCCCCCCCCCCCC. The van der Waals surface area contributed by atoms with Crippen LogP contribution in [-0.4, -0.2) is 37.2 Å². The lowest BCUT2D eigenvalue weighted by Gasteiger charge is -2.18. The topological polar surface area (TPSA) is 78.9 Å². The molecule has 0 aromatic heterocycles. The average Bonchev–Trinajstić information content (AvgIpc) is 3.47. The van der Waals surface area contributed by atoms with Crippen molar-refractivity contribution < 1.29 is 28.6 Å². The summed E-state index contributed by atoms with van der Waals surface area (Å²) in [4.78, 5) is 38.3. The molecule has 1 atom stereocenters. The standard InChI is InChI=1S/C75H132O6/c1-4-7-10-13-16-19-22-24-26-28-30-32-34-36-37-38-39-40-42-43-45-47-49-51-53-56-59-62-65-68-74(77)80-71-72(70-79-73(76)67-64-61-58-55-21-18-15-12-9-6-3)81-75(78)69-66-63-60-57-54-52-50-48-46-44-41-35-33-31-29-27-25-23-20-17-14-11-8-5-2/h7,10,12,15-16,19,24,26,30,32,36-37,39-40,72H,4-6,8-9,11,13-14,17-18,20-23,25,27-29,31,33-35,38,41-71H2,1-3H3/b10-7-,15-12-,19-16-,26-24-,32-30-,37-36-,40-39-. The van der Waals surface area contributed by atoms with Crippen molar-refractivity contribution in [2.24, 2.45) is 0 Å². The molecular weight excluding hydrogens is 997 g/mol. The second-order valence-electron chi connectivity index (χ2n) is 23.4. The van der Waals surface area contributed by atoms with E-state index in [0.29, 0.717) is 19.3 Å². The summed E-state index contributed by atoms with van der Waals surface area (Å²) < 4.78 is 16.9. The smallest absolute Gasteiger partial charge is 0.306 e. The molecule has 6 nitrogen and oxygen atoms in total. The molecule has 0 saturated carbocycles. The molecular formula is C75H132O6. The Bertz CT molecular complexity index is 1530. The van der Waals surface area contributed by atoms with Gasteiger partial charge in [-0.25, -0.2) is 0 Å². The Hall–Kier alpha value is -3.41. The molecule has 0 aliphatic rings. The third-order valence-electron chi connectivity index (χ3n) is 15.4. The molecule has 0 bridgehead atoms. The summed E-state index contributed by atoms with van der Waals surface area (Å²) in [6, 6.07) is 0. The minimum absolute atomic E-state index is 0.0780. The zero-order valence-corrected chi connectivity index (χ0v) is 53.8. The van der Waals surface area contributed by atoms with E-state index in [1.807, 2.05) is 0 Å². The molecule has 0 spiro atoms. The predicted molar refractivity (Wildman–Crippen MR) is 353 cm³/mol. The monoisotopic (exact) mass is 1130 g/mol. The average molecular weight is 1130 g/mol.